The number of hydrogen-bond acceptors (Lipinski definition) is 4. The normalized spacial score (nSPS) is 15.5. The number of alkyl halides is 3. The molecule has 5 rings (SSSR count). The van der Waals surface area contributed by atoms with Crippen LogP contribution in [0.3, 0.4) is 0 Å². The number of aryl methyl sites for hydroxylation is 1. The van der Waals surface area contributed by atoms with Crippen LogP contribution in [0.25, 0.3) is 28.1 Å². The predicted octanol–water partition coefficient (Wildman–Crippen LogP) is 3.92. The summed E-state index contributed by atoms with van der Waals surface area (Å²) in [6, 6.07) is 6.92. The van der Waals surface area contributed by atoms with Crippen LogP contribution in [0.1, 0.15) is 24.1 Å². The van der Waals surface area contributed by atoms with E-state index in [-0.39, 0.29) is 16.9 Å². The summed E-state index contributed by atoms with van der Waals surface area (Å²) in [6.45, 7) is 0. The van der Waals surface area contributed by atoms with E-state index in [0.29, 0.717) is 20.3 Å². The lowest BCUT2D eigenvalue weighted by atomic mass is 10.00. The highest BCUT2D eigenvalue weighted by Gasteiger charge is 2.45. The highest BCUT2D eigenvalue weighted by atomic mass is 79.9. The van der Waals surface area contributed by atoms with E-state index < -0.39 is 22.8 Å². The number of rotatable bonds is 2. The first-order chi connectivity index (χ1) is 14.6. The average molecular weight is 491 g/mol. The van der Waals surface area contributed by atoms with Gasteiger partial charge in [0.25, 0.3) is 5.56 Å². The molecule has 158 valence electrons. The molecule has 0 radical (unpaired) electrons. The zero-order chi connectivity index (χ0) is 22.3. The molecule has 4 aromatic heterocycles. The zero-order valence-corrected chi connectivity index (χ0v) is 17.9. The SMILES string of the molecule is Cn1c(C(F)(F)F)cc2nc(-c3nn4cc(C5(C#N)CC5)ccc4c3Br)n(C)c2c1=O. The van der Waals surface area contributed by atoms with Gasteiger partial charge in [0, 0.05) is 20.3 Å². The van der Waals surface area contributed by atoms with Crippen LogP contribution in [0.15, 0.2) is 33.7 Å². The molecule has 0 atom stereocenters. The number of imidazole rings is 1. The zero-order valence-electron chi connectivity index (χ0n) is 16.3. The van der Waals surface area contributed by atoms with Gasteiger partial charge in [-0.2, -0.15) is 23.5 Å². The minimum Gasteiger partial charge on any atom is -0.321 e. The van der Waals surface area contributed by atoms with Gasteiger partial charge in [-0.3, -0.25) is 4.79 Å². The molecule has 1 fully saturated rings. The maximum atomic E-state index is 13.3. The topological polar surface area (TPSA) is 80.9 Å². The highest BCUT2D eigenvalue weighted by molar-refractivity contribution is 9.10. The van der Waals surface area contributed by atoms with Gasteiger partial charge in [-0.1, -0.05) is 6.07 Å². The quantitative estimate of drug-likeness (QED) is 0.426. The fourth-order valence-corrected chi connectivity index (χ4v) is 4.46. The molecule has 0 unspecified atom stereocenters. The molecule has 0 amide bonds. The minimum atomic E-state index is -4.68. The molecule has 4 heterocycles. The Kier molecular flexibility index (Phi) is 3.96. The van der Waals surface area contributed by atoms with Crippen molar-refractivity contribution in [1.29, 1.82) is 5.26 Å². The number of pyridine rings is 2. The Morgan fingerprint density at radius 3 is 2.55 bits per heavy atom. The van der Waals surface area contributed by atoms with E-state index in [1.165, 1.54) is 4.57 Å². The van der Waals surface area contributed by atoms with Gasteiger partial charge in [0.05, 0.1) is 27.0 Å². The molecule has 1 aliphatic rings. The van der Waals surface area contributed by atoms with Gasteiger partial charge in [-0.15, -0.1) is 0 Å². The third-order valence-corrected chi connectivity index (χ3v) is 6.63. The van der Waals surface area contributed by atoms with E-state index >= 15 is 0 Å². The summed E-state index contributed by atoms with van der Waals surface area (Å²) in [7, 11) is 2.65. The number of nitriles is 1. The third kappa shape index (κ3) is 2.74. The Morgan fingerprint density at radius 2 is 1.94 bits per heavy atom. The summed E-state index contributed by atoms with van der Waals surface area (Å²) < 4.78 is 44.2. The first-order valence-corrected chi connectivity index (χ1v) is 10.1. The molecule has 0 aromatic carbocycles. The molecular weight excluding hydrogens is 477 g/mol. The molecule has 4 aromatic rings. The standard InChI is InChI=1S/C20H14BrF3N6O/c1-28-13(20(22,23)24)7-11-16(18(28)31)29(2)17(26-11)15-14(21)12-4-3-10(8-30(12)27-15)19(9-25)5-6-19/h3-4,7-8H,5-6H2,1-2H3. The van der Waals surface area contributed by atoms with Crippen molar-refractivity contribution in [2.45, 2.75) is 24.4 Å². The summed E-state index contributed by atoms with van der Waals surface area (Å²) in [5, 5.41) is 14.0. The van der Waals surface area contributed by atoms with Gasteiger partial charge in [-0.05, 0) is 46.5 Å². The molecular formula is C20H14BrF3N6O. The van der Waals surface area contributed by atoms with E-state index in [4.69, 9.17) is 0 Å². The number of halogens is 4. The number of hydrogen-bond donors (Lipinski definition) is 0. The van der Waals surface area contributed by atoms with Gasteiger partial charge >= 0.3 is 6.18 Å². The van der Waals surface area contributed by atoms with Crippen LogP contribution < -0.4 is 5.56 Å². The fraction of sp³-hybridized carbons (Fsp3) is 0.300. The van der Waals surface area contributed by atoms with E-state index in [2.05, 4.69) is 32.1 Å². The molecule has 0 N–H and O–H groups in total. The van der Waals surface area contributed by atoms with E-state index in [1.807, 2.05) is 12.1 Å². The Bertz CT molecular complexity index is 1500. The maximum absolute atomic E-state index is 13.3. The van der Waals surface area contributed by atoms with Crippen LogP contribution in [0, 0.1) is 11.3 Å². The van der Waals surface area contributed by atoms with Gasteiger partial charge in [0.15, 0.2) is 5.82 Å². The Hall–Kier alpha value is -3.13. The van der Waals surface area contributed by atoms with Gasteiger partial charge < -0.3 is 9.13 Å². The van der Waals surface area contributed by atoms with Crippen molar-refractivity contribution in [2.24, 2.45) is 14.1 Å². The lowest BCUT2D eigenvalue weighted by Gasteiger charge is -2.11. The summed E-state index contributed by atoms with van der Waals surface area (Å²) >= 11 is 3.50. The summed E-state index contributed by atoms with van der Waals surface area (Å²) in [5.41, 5.74) is -0.396. The highest BCUT2D eigenvalue weighted by Crippen LogP contribution is 2.47. The second kappa shape index (κ2) is 6.20. The number of fused-ring (bicyclic) bond motifs is 2. The van der Waals surface area contributed by atoms with Crippen LogP contribution >= 0.6 is 15.9 Å². The Labute approximate surface area is 181 Å². The minimum absolute atomic E-state index is 0.0524. The van der Waals surface area contributed by atoms with Crippen molar-refractivity contribution in [1.82, 2.24) is 23.7 Å². The molecule has 0 saturated heterocycles. The van der Waals surface area contributed by atoms with Gasteiger partial charge in [-0.25, -0.2) is 9.50 Å². The van der Waals surface area contributed by atoms with Gasteiger partial charge in [0.1, 0.15) is 16.9 Å². The summed E-state index contributed by atoms with van der Waals surface area (Å²) in [5.74, 6) is 0.255. The molecule has 11 heteroatoms. The lowest BCUT2D eigenvalue weighted by Crippen LogP contribution is -2.26. The Morgan fingerprint density at radius 1 is 1.23 bits per heavy atom. The van der Waals surface area contributed by atoms with Crippen molar-refractivity contribution in [3.8, 4) is 17.6 Å². The second-order valence-electron chi connectivity index (χ2n) is 7.72. The first kappa shape index (κ1) is 19.8. The van der Waals surface area contributed by atoms with Crippen LogP contribution in [-0.2, 0) is 25.7 Å². The second-order valence-corrected chi connectivity index (χ2v) is 8.52. The van der Waals surface area contributed by atoms with Crippen LogP contribution in [0.5, 0.6) is 0 Å². The Balaban J connectivity index is 1.73. The van der Waals surface area contributed by atoms with Crippen molar-refractivity contribution in [2.75, 3.05) is 0 Å². The molecule has 0 spiro atoms. The van der Waals surface area contributed by atoms with E-state index in [9.17, 15) is 23.2 Å². The molecule has 1 saturated carbocycles. The van der Waals surface area contributed by atoms with Crippen molar-refractivity contribution in [3.63, 3.8) is 0 Å². The molecule has 31 heavy (non-hydrogen) atoms. The number of nitrogens with zero attached hydrogens (tertiary/aromatic N) is 6. The molecule has 0 aliphatic heterocycles. The molecule has 7 nitrogen and oxygen atoms in total. The smallest absolute Gasteiger partial charge is 0.321 e. The first-order valence-electron chi connectivity index (χ1n) is 9.31. The van der Waals surface area contributed by atoms with Crippen molar-refractivity contribution >= 4 is 32.5 Å². The molecule has 1 aliphatic carbocycles. The molecule has 0 bridgehead atoms. The van der Waals surface area contributed by atoms with Crippen LogP contribution in [0.4, 0.5) is 13.2 Å². The number of aromatic nitrogens is 5. The van der Waals surface area contributed by atoms with Crippen LogP contribution in [-0.4, -0.2) is 23.7 Å². The predicted molar refractivity (Wildman–Crippen MR) is 109 cm³/mol. The van der Waals surface area contributed by atoms with Crippen molar-refractivity contribution in [3.05, 3.63) is 50.5 Å². The van der Waals surface area contributed by atoms with Crippen LogP contribution in [0.2, 0.25) is 0 Å². The average Bonchev–Trinajstić information content (AvgIpc) is 3.36. The van der Waals surface area contributed by atoms with Gasteiger partial charge in [0.2, 0.25) is 0 Å². The maximum Gasteiger partial charge on any atom is 0.431 e. The largest absolute Gasteiger partial charge is 0.431 e. The lowest BCUT2D eigenvalue weighted by molar-refractivity contribution is -0.143. The fourth-order valence-electron chi connectivity index (χ4n) is 3.89. The summed E-state index contributed by atoms with van der Waals surface area (Å²) in [4.78, 5) is 17.0. The third-order valence-electron chi connectivity index (χ3n) is 5.85. The van der Waals surface area contributed by atoms with E-state index in [0.717, 1.165) is 31.5 Å². The summed E-state index contributed by atoms with van der Waals surface area (Å²) in [6.07, 6.45) is -1.32. The monoisotopic (exact) mass is 490 g/mol. The van der Waals surface area contributed by atoms with Crippen molar-refractivity contribution < 1.29 is 13.2 Å². The van der Waals surface area contributed by atoms with E-state index in [1.54, 1.807) is 17.8 Å².